The van der Waals surface area contributed by atoms with Gasteiger partial charge in [-0.1, -0.05) is 0 Å². The first kappa shape index (κ1) is 13.8. The van der Waals surface area contributed by atoms with Crippen LogP contribution in [0.3, 0.4) is 0 Å². The van der Waals surface area contributed by atoms with E-state index in [0.29, 0.717) is 23.1 Å². The molecule has 1 aromatic carbocycles. The fourth-order valence-electron chi connectivity index (χ4n) is 2.09. The second kappa shape index (κ2) is 5.39. The number of H-pyrrole nitrogens is 2. The summed E-state index contributed by atoms with van der Waals surface area (Å²) < 4.78 is 11.4. The number of nitrogens with one attached hydrogen (secondary N) is 3. The molecular weight excluding hydrogens is 368 g/mol. The van der Waals surface area contributed by atoms with E-state index >= 15 is 0 Å². The Morgan fingerprint density at radius 3 is 3.00 bits per heavy atom. The zero-order valence-electron chi connectivity index (χ0n) is 11.5. The Morgan fingerprint density at radius 1 is 1.35 bits per heavy atom. The maximum atomic E-state index is 11.6. The summed E-state index contributed by atoms with van der Waals surface area (Å²) in [6.45, 7) is 0.209. The number of ether oxygens (including phenoxy) is 2. The number of hydrogen-bond acceptors (Lipinski definition) is 7. The number of fused-ring (bicyclic) bond motifs is 2. The highest BCUT2D eigenvalue weighted by molar-refractivity contribution is 9.10. The number of halogens is 1. The minimum atomic E-state index is -0.293. The number of anilines is 1. The maximum absolute atomic E-state index is 11.6. The lowest BCUT2D eigenvalue weighted by Gasteiger charge is -2.01. The van der Waals surface area contributed by atoms with Crippen molar-refractivity contribution in [1.29, 1.82) is 0 Å². The molecule has 1 aliphatic rings. The highest BCUT2D eigenvalue weighted by Gasteiger charge is 2.15. The summed E-state index contributed by atoms with van der Waals surface area (Å²) in [6.07, 6.45) is 2.89. The molecule has 0 fully saturated rings. The van der Waals surface area contributed by atoms with Crippen LogP contribution in [0.5, 0.6) is 11.5 Å². The number of rotatable bonds is 3. The van der Waals surface area contributed by atoms with Crippen molar-refractivity contribution in [2.24, 2.45) is 5.10 Å². The zero-order valence-corrected chi connectivity index (χ0v) is 13.0. The standard InChI is InChI=1S/C13H9BrN6O3/c14-7-2-9-8(22-5-23-9)1-6(7)3-17-20-13-18-10-11(19-13)15-4-16-12(10)21/h1-4H,5H2,(H3,15,16,18,19,20,21)/b17-3-. The van der Waals surface area contributed by atoms with Crippen molar-refractivity contribution in [2.45, 2.75) is 0 Å². The third-order valence-electron chi connectivity index (χ3n) is 3.16. The summed E-state index contributed by atoms with van der Waals surface area (Å²) in [6, 6.07) is 3.62. The van der Waals surface area contributed by atoms with E-state index in [1.807, 2.05) is 12.1 Å². The summed E-state index contributed by atoms with van der Waals surface area (Å²) in [4.78, 5) is 24.9. The van der Waals surface area contributed by atoms with E-state index in [1.165, 1.54) is 6.33 Å². The van der Waals surface area contributed by atoms with E-state index in [2.05, 4.69) is 46.4 Å². The Labute approximate surface area is 136 Å². The molecule has 23 heavy (non-hydrogen) atoms. The van der Waals surface area contributed by atoms with Crippen LogP contribution in [0.4, 0.5) is 5.95 Å². The Kier molecular flexibility index (Phi) is 3.23. The molecule has 2 aromatic heterocycles. The molecule has 10 heteroatoms. The minimum absolute atomic E-state index is 0.209. The fourth-order valence-corrected chi connectivity index (χ4v) is 2.51. The smallest absolute Gasteiger partial charge is 0.276 e. The van der Waals surface area contributed by atoms with Gasteiger partial charge in [-0.05, 0) is 28.1 Å². The first-order valence-corrected chi connectivity index (χ1v) is 7.31. The number of benzene rings is 1. The highest BCUT2D eigenvalue weighted by Crippen LogP contribution is 2.36. The normalized spacial score (nSPS) is 13.1. The molecule has 9 nitrogen and oxygen atoms in total. The topological polar surface area (TPSA) is 117 Å². The van der Waals surface area contributed by atoms with Crippen LogP contribution in [0, 0.1) is 0 Å². The molecule has 0 spiro atoms. The van der Waals surface area contributed by atoms with Crippen LogP contribution in [-0.2, 0) is 0 Å². The van der Waals surface area contributed by atoms with Gasteiger partial charge in [0.25, 0.3) is 5.56 Å². The number of nitrogens with zero attached hydrogens (tertiary/aromatic N) is 3. The largest absolute Gasteiger partial charge is 0.454 e. The average molecular weight is 377 g/mol. The van der Waals surface area contributed by atoms with E-state index in [1.54, 1.807) is 6.21 Å². The molecule has 0 atom stereocenters. The van der Waals surface area contributed by atoms with Crippen LogP contribution in [0.15, 0.2) is 32.8 Å². The second-order valence-electron chi connectivity index (χ2n) is 4.61. The maximum Gasteiger partial charge on any atom is 0.276 e. The number of hydrogen-bond donors (Lipinski definition) is 3. The van der Waals surface area contributed by atoms with Gasteiger partial charge in [0.15, 0.2) is 22.7 Å². The molecule has 1 aliphatic heterocycles. The Balaban J connectivity index is 1.57. The third kappa shape index (κ3) is 2.52. The predicted octanol–water partition coefficient (Wildman–Crippen LogP) is 1.58. The van der Waals surface area contributed by atoms with Gasteiger partial charge in [0, 0.05) is 10.0 Å². The first-order chi connectivity index (χ1) is 11.2. The van der Waals surface area contributed by atoms with Crippen LogP contribution < -0.4 is 20.5 Å². The molecule has 0 saturated heterocycles. The predicted molar refractivity (Wildman–Crippen MR) is 86.0 cm³/mol. The van der Waals surface area contributed by atoms with Gasteiger partial charge in [0.2, 0.25) is 12.7 Å². The van der Waals surface area contributed by atoms with Crippen LogP contribution in [0.1, 0.15) is 5.56 Å². The molecule has 3 N–H and O–H groups in total. The molecule has 0 unspecified atom stereocenters. The molecule has 0 aliphatic carbocycles. The highest BCUT2D eigenvalue weighted by atomic mass is 79.9. The van der Waals surface area contributed by atoms with Crippen molar-refractivity contribution in [3.63, 3.8) is 0 Å². The quantitative estimate of drug-likeness (QED) is 0.471. The van der Waals surface area contributed by atoms with Crippen LogP contribution in [-0.4, -0.2) is 32.9 Å². The lowest BCUT2D eigenvalue weighted by atomic mass is 10.2. The van der Waals surface area contributed by atoms with Crippen LogP contribution >= 0.6 is 15.9 Å². The molecule has 4 rings (SSSR count). The Bertz CT molecular complexity index is 979. The van der Waals surface area contributed by atoms with Crippen molar-refractivity contribution in [2.75, 3.05) is 12.2 Å². The van der Waals surface area contributed by atoms with Gasteiger partial charge in [0.05, 0.1) is 12.5 Å². The number of imidazole rings is 1. The van der Waals surface area contributed by atoms with E-state index in [-0.39, 0.29) is 17.9 Å². The van der Waals surface area contributed by atoms with Gasteiger partial charge in [-0.3, -0.25) is 4.79 Å². The molecule has 0 radical (unpaired) electrons. The molecular formula is C13H9BrN6O3. The van der Waals surface area contributed by atoms with Crippen molar-refractivity contribution >= 4 is 39.3 Å². The summed E-state index contributed by atoms with van der Waals surface area (Å²) in [5.74, 6) is 1.66. The van der Waals surface area contributed by atoms with Gasteiger partial charge in [-0.15, -0.1) is 0 Å². The van der Waals surface area contributed by atoms with Crippen molar-refractivity contribution in [3.05, 3.63) is 38.9 Å². The summed E-state index contributed by atoms with van der Waals surface area (Å²) in [7, 11) is 0. The van der Waals surface area contributed by atoms with Crippen molar-refractivity contribution < 1.29 is 9.47 Å². The first-order valence-electron chi connectivity index (χ1n) is 6.52. The van der Waals surface area contributed by atoms with Gasteiger partial charge in [0.1, 0.15) is 0 Å². The number of hydrazone groups is 1. The third-order valence-corrected chi connectivity index (χ3v) is 3.85. The summed E-state index contributed by atoms with van der Waals surface area (Å²) in [5, 5.41) is 4.09. The molecule has 0 saturated carbocycles. The van der Waals surface area contributed by atoms with Gasteiger partial charge in [-0.25, -0.2) is 10.4 Å². The van der Waals surface area contributed by atoms with Crippen molar-refractivity contribution in [1.82, 2.24) is 19.9 Å². The van der Waals surface area contributed by atoms with Crippen LogP contribution in [0.2, 0.25) is 0 Å². The monoisotopic (exact) mass is 376 g/mol. The lowest BCUT2D eigenvalue weighted by molar-refractivity contribution is 0.174. The molecule has 3 heterocycles. The van der Waals surface area contributed by atoms with Gasteiger partial charge in [-0.2, -0.15) is 10.1 Å². The zero-order chi connectivity index (χ0) is 15.8. The molecule has 0 bridgehead atoms. The fraction of sp³-hybridized carbons (Fsp3) is 0.0769. The lowest BCUT2D eigenvalue weighted by Crippen LogP contribution is -2.05. The Morgan fingerprint density at radius 2 is 2.17 bits per heavy atom. The number of aromatic nitrogens is 4. The molecule has 116 valence electrons. The van der Waals surface area contributed by atoms with E-state index in [0.717, 1.165) is 10.0 Å². The SMILES string of the molecule is O=c1[nH]cnc2nc(N/N=C\c3cc4c(cc3Br)OCO4)[nH]c12. The van der Waals surface area contributed by atoms with Gasteiger partial charge < -0.3 is 19.4 Å². The summed E-state index contributed by atoms with van der Waals surface area (Å²) in [5.41, 5.74) is 3.83. The van der Waals surface area contributed by atoms with Crippen molar-refractivity contribution in [3.8, 4) is 11.5 Å². The Hall–Kier alpha value is -2.88. The van der Waals surface area contributed by atoms with Crippen LogP contribution in [0.25, 0.3) is 11.2 Å². The minimum Gasteiger partial charge on any atom is -0.454 e. The average Bonchev–Trinajstić information content (AvgIpc) is 3.14. The molecule has 3 aromatic rings. The van der Waals surface area contributed by atoms with E-state index < -0.39 is 0 Å². The van der Waals surface area contributed by atoms with Gasteiger partial charge >= 0.3 is 0 Å². The second-order valence-corrected chi connectivity index (χ2v) is 5.47. The number of aromatic amines is 2. The van der Waals surface area contributed by atoms with E-state index in [4.69, 9.17) is 9.47 Å². The summed E-state index contributed by atoms with van der Waals surface area (Å²) >= 11 is 3.44. The molecule has 0 amide bonds. The van der Waals surface area contributed by atoms with E-state index in [9.17, 15) is 4.79 Å².